The molecule has 0 spiro atoms. The fraction of sp³-hybridized carbons (Fsp3) is 0.625. The molecule has 0 radical (unpaired) electrons. The van der Waals surface area contributed by atoms with E-state index in [2.05, 4.69) is 11.9 Å². The second-order valence-corrected chi connectivity index (χ2v) is 6.25. The zero-order chi connectivity index (χ0) is 15.9. The van der Waals surface area contributed by atoms with Gasteiger partial charge in [-0.2, -0.15) is 0 Å². The summed E-state index contributed by atoms with van der Waals surface area (Å²) in [5, 5.41) is 9.21. The molecule has 1 amide bonds. The summed E-state index contributed by atoms with van der Waals surface area (Å²) >= 11 is 0. The SMILES string of the molecule is CCc1oc(C(=O)N2[C@H]3CC[C@@H]2CN(C)CC3)cc1C(=O)O. The summed E-state index contributed by atoms with van der Waals surface area (Å²) in [5.41, 5.74) is 0.102. The number of hydrogen-bond donors (Lipinski definition) is 1. The Kier molecular flexibility index (Phi) is 3.95. The van der Waals surface area contributed by atoms with Crippen LogP contribution in [0.2, 0.25) is 0 Å². The molecule has 3 heterocycles. The fourth-order valence-electron chi connectivity index (χ4n) is 3.68. The van der Waals surface area contributed by atoms with E-state index in [0.717, 1.165) is 32.4 Å². The van der Waals surface area contributed by atoms with Gasteiger partial charge in [-0.1, -0.05) is 6.92 Å². The molecule has 3 rings (SSSR count). The molecule has 2 saturated heterocycles. The van der Waals surface area contributed by atoms with Crippen molar-refractivity contribution < 1.29 is 19.1 Å². The summed E-state index contributed by atoms with van der Waals surface area (Å²) in [5.74, 6) is -0.672. The zero-order valence-electron chi connectivity index (χ0n) is 13.0. The highest BCUT2D eigenvalue weighted by Crippen LogP contribution is 2.32. The Balaban J connectivity index is 1.89. The number of furan rings is 1. The van der Waals surface area contributed by atoms with Crippen LogP contribution >= 0.6 is 0 Å². The van der Waals surface area contributed by atoms with E-state index in [4.69, 9.17) is 4.42 Å². The third kappa shape index (κ3) is 2.52. The number of likely N-dealkylation sites (N-methyl/N-ethyl adjacent to an activating group) is 1. The smallest absolute Gasteiger partial charge is 0.339 e. The fourth-order valence-corrected chi connectivity index (χ4v) is 3.68. The van der Waals surface area contributed by atoms with Crippen LogP contribution in [0.1, 0.15) is 52.9 Å². The molecule has 0 aromatic carbocycles. The van der Waals surface area contributed by atoms with E-state index in [1.54, 1.807) is 0 Å². The number of amides is 1. The highest BCUT2D eigenvalue weighted by molar-refractivity contribution is 5.96. The first-order chi connectivity index (χ1) is 10.5. The van der Waals surface area contributed by atoms with Gasteiger partial charge in [0.15, 0.2) is 5.76 Å². The number of likely N-dealkylation sites (tertiary alicyclic amines) is 1. The second-order valence-electron chi connectivity index (χ2n) is 6.25. The normalized spacial score (nSPS) is 25.3. The first kappa shape index (κ1) is 15.1. The van der Waals surface area contributed by atoms with E-state index in [9.17, 15) is 14.7 Å². The molecule has 2 aliphatic rings. The largest absolute Gasteiger partial charge is 0.478 e. The number of carboxylic acids is 1. The van der Waals surface area contributed by atoms with Crippen molar-refractivity contribution in [1.29, 1.82) is 0 Å². The lowest BCUT2D eigenvalue weighted by Gasteiger charge is -2.27. The van der Waals surface area contributed by atoms with Crippen molar-refractivity contribution in [2.75, 3.05) is 20.1 Å². The quantitative estimate of drug-likeness (QED) is 0.922. The molecular weight excluding hydrogens is 284 g/mol. The van der Waals surface area contributed by atoms with E-state index >= 15 is 0 Å². The molecule has 1 aromatic heterocycles. The number of aryl methyl sites for hydroxylation is 1. The minimum atomic E-state index is -1.04. The van der Waals surface area contributed by atoms with Gasteiger partial charge in [-0.3, -0.25) is 4.79 Å². The van der Waals surface area contributed by atoms with Crippen molar-refractivity contribution >= 4 is 11.9 Å². The Morgan fingerprint density at radius 3 is 2.68 bits per heavy atom. The molecule has 2 fully saturated rings. The second kappa shape index (κ2) is 5.76. The zero-order valence-corrected chi connectivity index (χ0v) is 13.0. The molecule has 1 N–H and O–H groups in total. The molecule has 2 aliphatic heterocycles. The van der Waals surface area contributed by atoms with Crippen LogP contribution < -0.4 is 0 Å². The number of rotatable bonds is 3. The van der Waals surface area contributed by atoms with Crippen LogP contribution in [0.5, 0.6) is 0 Å². The molecule has 2 atom stereocenters. The maximum absolute atomic E-state index is 12.8. The standard InChI is InChI=1S/C16H22N2O4/c1-3-13-12(16(20)21)8-14(22-13)15(19)18-10-4-5-11(18)9-17(2)7-6-10/h8,10-11H,3-7,9H2,1-2H3,(H,20,21)/t10-,11+/m0/s1. The van der Waals surface area contributed by atoms with E-state index in [1.807, 2.05) is 11.8 Å². The molecule has 6 nitrogen and oxygen atoms in total. The average Bonchev–Trinajstić information content (AvgIpc) is 3.03. The number of carbonyl (C=O) groups is 2. The summed E-state index contributed by atoms with van der Waals surface area (Å²) in [7, 11) is 2.08. The van der Waals surface area contributed by atoms with Gasteiger partial charge >= 0.3 is 5.97 Å². The Labute approximate surface area is 129 Å². The average molecular weight is 306 g/mol. The van der Waals surface area contributed by atoms with Crippen molar-refractivity contribution in [2.45, 2.75) is 44.7 Å². The van der Waals surface area contributed by atoms with Gasteiger partial charge in [0.1, 0.15) is 11.3 Å². The van der Waals surface area contributed by atoms with Crippen molar-refractivity contribution in [3.8, 4) is 0 Å². The predicted octanol–water partition coefficient (Wildman–Crippen LogP) is 1.85. The van der Waals surface area contributed by atoms with Gasteiger partial charge in [0.2, 0.25) is 0 Å². The van der Waals surface area contributed by atoms with Crippen molar-refractivity contribution in [2.24, 2.45) is 0 Å². The lowest BCUT2D eigenvalue weighted by molar-refractivity contribution is 0.0636. The van der Waals surface area contributed by atoms with Crippen LogP contribution in [0.4, 0.5) is 0 Å². The van der Waals surface area contributed by atoms with E-state index < -0.39 is 5.97 Å². The number of carboxylic acid groups (broad SMARTS) is 1. The molecule has 2 bridgehead atoms. The molecule has 0 saturated carbocycles. The predicted molar refractivity (Wildman–Crippen MR) is 80.1 cm³/mol. The van der Waals surface area contributed by atoms with Crippen LogP contribution in [0, 0.1) is 0 Å². The molecule has 120 valence electrons. The van der Waals surface area contributed by atoms with Gasteiger partial charge in [0, 0.05) is 31.1 Å². The lowest BCUT2D eigenvalue weighted by Crippen LogP contribution is -2.42. The Hall–Kier alpha value is -1.82. The summed E-state index contributed by atoms with van der Waals surface area (Å²) < 4.78 is 5.55. The third-order valence-corrected chi connectivity index (χ3v) is 4.79. The summed E-state index contributed by atoms with van der Waals surface area (Å²) in [6.07, 6.45) is 3.46. The highest BCUT2D eigenvalue weighted by Gasteiger charge is 2.41. The number of carbonyl (C=O) groups excluding carboxylic acids is 1. The first-order valence-corrected chi connectivity index (χ1v) is 7.88. The van der Waals surface area contributed by atoms with Gasteiger partial charge in [0.25, 0.3) is 5.91 Å². The number of fused-ring (bicyclic) bond motifs is 2. The van der Waals surface area contributed by atoms with Crippen LogP contribution in [-0.4, -0.2) is 59.0 Å². The van der Waals surface area contributed by atoms with Crippen molar-refractivity contribution in [3.63, 3.8) is 0 Å². The topological polar surface area (TPSA) is 74.0 Å². The maximum Gasteiger partial charge on any atom is 0.339 e. The van der Waals surface area contributed by atoms with Crippen LogP contribution in [0.25, 0.3) is 0 Å². The molecule has 1 aromatic rings. The van der Waals surface area contributed by atoms with Gasteiger partial charge in [-0.05, 0) is 32.9 Å². The molecule has 6 heteroatoms. The number of nitrogens with zero attached hydrogens (tertiary/aromatic N) is 2. The van der Waals surface area contributed by atoms with Crippen LogP contribution in [0.15, 0.2) is 10.5 Å². The summed E-state index contributed by atoms with van der Waals surface area (Å²) in [6, 6.07) is 1.83. The van der Waals surface area contributed by atoms with E-state index in [-0.39, 0.29) is 29.3 Å². The summed E-state index contributed by atoms with van der Waals surface area (Å²) in [4.78, 5) is 28.3. The van der Waals surface area contributed by atoms with Gasteiger partial charge in [-0.15, -0.1) is 0 Å². The monoisotopic (exact) mass is 306 g/mol. The lowest BCUT2D eigenvalue weighted by atomic mass is 10.1. The minimum Gasteiger partial charge on any atom is -0.478 e. The van der Waals surface area contributed by atoms with Gasteiger partial charge in [0.05, 0.1) is 0 Å². The third-order valence-electron chi connectivity index (χ3n) is 4.79. The molecule has 22 heavy (non-hydrogen) atoms. The summed E-state index contributed by atoms with van der Waals surface area (Å²) in [6.45, 7) is 3.68. The number of aromatic carboxylic acids is 1. The molecule has 0 aliphatic carbocycles. The molecular formula is C16H22N2O4. The van der Waals surface area contributed by atoms with Crippen molar-refractivity contribution in [1.82, 2.24) is 9.80 Å². The minimum absolute atomic E-state index is 0.102. The molecule has 0 unspecified atom stereocenters. The van der Waals surface area contributed by atoms with Crippen LogP contribution in [-0.2, 0) is 6.42 Å². The van der Waals surface area contributed by atoms with E-state index in [0.29, 0.717) is 12.2 Å². The van der Waals surface area contributed by atoms with Crippen molar-refractivity contribution in [3.05, 3.63) is 23.2 Å². The Bertz CT molecular complexity index is 595. The van der Waals surface area contributed by atoms with Gasteiger partial charge in [-0.25, -0.2) is 4.79 Å². The van der Waals surface area contributed by atoms with E-state index in [1.165, 1.54) is 6.07 Å². The maximum atomic E-state index is 12.8. The Morgan fingerprint density at radius 2 is 2.05 bits per heavy atom. The Morgan fingerprint density at radius 1 is 1.32 bits per heavy atom. The van der Waals surface area contributed by atoms with Crippen LogP contribution in [0.3, 0.4) is 0 Å². The first-order valence-electron chi connectivity index (χ1n) is 7.88. The number of hydrogen-bond acceptors (Lipinski definition) is 4. The van der Waals surface area contributed by atoms with Gasteiger partial charge < -0.3 is 19.3 Å². The highest BCUT2D eigenvalue weighted by atomic mass is 16.4.